The average molecular weight is 438 g/mol. The molecule has 30 heavy (non-hydrogen) atoms. The maximum absolute atomic E-state index is 13.0. The molecule has 0 spiro atoms. The van der Waals surface area contributed by atoms with E-state index in [1.165, 1.54) is 0 Å². The summed E-state index contributed by atoms with van der Waals surface area (Å²) in [5, 5.41) is 9.52. The SMILES string of the molecule is CCc1nnsc1C(=O)N(C)Cc1cn(-c2ccccc2)nc1-c1ccc(Cl)cc1. The number of para-hydroxylation sites is 1. The van der Waals surface area contributed by atoms with E-state index in [9.17, 15) is 4.79 Å². The lowest BCUT2D eigenvalue weighted by Crippen LogP contribution is -2.26. The van der Waals surface area contributed by atoms with E-state index in [0.29, 0.717) is 22.9 Å². The van der Waals surface area contributed by atoms with Crippen LogP contribution in [0.5, 0.6) is 0 Å². The molecule has 6 nitrogen and oxygen atoms in total. The van der Waals surface area contributed by atoms with E-state index >= 15 is 0 Å². The van der Waals surface area contributed by atoms with E-state index in [4.69, 9.17) is 16.7 Å². The Morgan fingerprint density at radius 3 is 2.57 bits per heavy atom. The van der Waals surface area contributed by atoms with Crippen LogP contribution in [0, 0.1) is 0 Å². The molecule has 0 aliphatic rings. The van der Waals surface area contributed by atoms with Gasteiger partial charge >= 0.3 is 0 Å². The number of hydrogen-bond donors (Lipinski definition) is 0. The van der Waals surface area contributed by atoms with Gasteiger partial charge < -0.3 is 4.90 Å². The second-order valence-electron chi connectivity index (χ2n) is 6.85. The predicted molar refractivity (Wildman–Crippen MR) is 119 cm³/mol. The molecular weight excluding hydrogens is 418 g/mol. The summed E-state index contributed by atoms with van der Waals surface area (Å²) in [6.45, 7) is 2.38. The Balaban J connectivity index is 1.69. The van der Waals surface area contributed by atoms with Crippen molar-refractivity contribution in [3.05, 3.63) is 82.0 Å². The number of amides is 1. The number of aryl methyl sites for hydroxylation is 1. The van der Waals surface area contributed by atoms with Gasteiger partial charge in [-0.3, -0.25) is 4.79 Å². The van der Waals surface area contributed by atoms with Crippen LogP contribution in [0.4, 0.5) is 0 Å². The molecule has 0 aliphatic carbocycles. The molecule has 2 heterocycles. The minimum atomic E-state index is -0.0867. The third-order valence-electron chi connectivity index (χ3n) is 4.77. The van der Waals surface area contributed by atoms with Gasteiger partial charge in [0.2, 0.25) is 0 Å². The summed E-state index contributed by atoms with van der Waals surface area (Å²) in [7, 11) is 1.78. The molecule has 4 aromatic rings. The van der Waals surface area contributed by atoms with Crippen molar-refractivity contribution in [1.82, 2.24) is 24.3 Å². The lowest BCUT2D eigenvalue weighted by Gasteiger charge is -2.16. The minimum absolute atomic E-state index is 0.0867. The summed E-state index contributed by atoms with van der Waals surface area (Å²) in [6, 6.07) is 17.5. The van der Waals surface area contributed by atoms with Crippen molar-refractivity contribution < 1.29 is 4.79 Å². The molecule has 8 heteroatoms. The monoisotopic (exact) mass is 437 g/mol. The fraction of sp³-hybridized carbons (Fsp3) is 0.182. The molecule has 0 radical (unpaired) electrons. The number of benzene rings is 2. The molecule has 0 N–H and O–H groups in total. The summed E-state index contributed by atoms with van der Waals surface area (Å²) >= 11 is 7.20. The van der Waals surface area contributed by atoms with Crippen molar-refractivity contribution in [3.8, 4) is 16.9 Å². The van der Waals surface area contributed by atoms with Crippen LogP contribution < -0.4 is 0 Å². The molecule has 0 fully saturated rings. The zero-order valence-corrected chi connectivity index (χ0v) is 18.2. The number of carbonyl (C=O) groups excluding carboxylic acids is 1. The van der Waals surface area contributed by atoms with Crippen molar-refractivity contribution in [2.75, 3.05) is 7.05 Å². The van der Waals surface area contributed by atoms with Gasteiger partial charge in [-0.15, -0.1) is 5.10 Å². The Kier molecular flexibility index (Phi) is 5.92. The third kappa shape index (κ3) is 4.13. The predicted octanol–water partition coefficient (Wildman–Crippen LogP) is 4.88. The number of rotatable bonds is 6. The molecule has 0 bridgehead atoms. The van der Waals surface area contributed by atoms with Crippen molar-refractivity contribution in [2.45, 2.75) is 19.9 Å². The molecule has 0 saturated heterocycles. The number of aromatic nitrogens is 4. The molecular formula is C22H20ClN5OS. The van der Waals surface area contributed by atoms with Gasteiger partial charge in [0, 0.05) is 35.9 Å². The zero-order valence-electron chi connectivity index (χ0n) is 16.6. The molecule has 0 aliphatic heterocycles. The van der Waals surface area contributed by atoms with Crippen molar-refractivity contribution >= 4 is 29.0 Å². The average Bonchev–Trinajstić information content (AvgIpc) is 3.41. The van der Waals surface area contributed by atoms with Gasteiger partial charge in [0.05, 0.1) is 17.1 Å². The first-order valence-corrected chi connectivity index (χ1v) is 10.7. The Morgan fingerprint density at radius 1 is 1.13 bits per heavy atom. The van der Waals surface area contributed by atoms with E-state index in [1.54, 1.807) is 11.9 Å². The van der Waals surface area contributed by atoms with Crippen molar-refractivity contribution in [3.63, 3.8) is 0 Å². The van der Waals surface area contributed by atoms with E-state index in [0.717, 1.165) is 39.7 Å². The molecule has 0 unspecified atom stereocenters. The Hall–Kier alpha value is -3.03. The minimum Gasteiger partial charge on any atom is -0.336 e. The Morgan fingerprint density at radius 2 is 1.87 bits per heavy atom. The van der Waals surface area contributed by atoms with E-state index in [-0.39, 0.29) is 5.91 Å². The summed E-state index contributed by atoms with van der Waals surface area (Å²) in [4.78, 5) is 15.2. The molecule has 0 saturated carbocycles. The van der Waals surface area contributed by atoms with Gasteiger partial charge in [0.15, 0.2) is 0 Å². The van der Waals surface area contributed by atoms with Gasteiger partial charge in [-0.25, -0.2) is 4.68 Å². The van der Waals surface area contributed by atoms with Crippen LogP contribution in [0.1, 0.15) is 27.9 Å². The maximum atomic E-state index is 13.0. The van der Waals surface area contributed by atoms with Crippen LogP contribution in [0.3, 0.4) is 0 Å². The largest absolute Gasteiger partial charge is 0.336 e. The van der Waals surface area contributed by atoms with Crippen LogP contribution in [-0.2, 0) is 13.0 Å². The number of halogens is 1. The smallest absolute Gasteiger partial charge is 0.267 e. The van der Waals surface area contributed by atoms with Gasteiger partial charge in [-0.2, -0.15) is 5.10 Å². The quantitative estimate of drug-likeness (QED) is 0.431. The highest BCUT2D eigenvalue weighted by molar-refractivity contribution is 7.08. The fourth-order valence-corrected chi connectivity index (χ4v) is 4.06. The van der Waals surface area contributed by atoms with Crippen LogP contribution in [0.2, 0.25) is 5.02 Å². The lowest BCUT2D eigenvalue weighted by atomic mass is 10.1. The molecule has 1 amide bonds. The molecule has 152 valence electrons. The first kappa shape index (κ1) is 20.3. The summed E-state index contributed by atoms with van der Waals surface area (Å²) in [5.41, 5.74) is 4.38. The topological polar surface area (TPSA) is 63.9 Å². The van der Waals surface area contributed by atoms with Crippen LogP contribution >= 0.6 is 23.1 Å². The van der Waals surface area contributed by atoms with Crippen LogP contribution in [-0.4, -0.2) is 37.2 Å². The maximum Gasteiger partial charge on any atom is 0.267 e. The first-order valence-electron chi connectivity index (χ1n) is 9.53. The normalized spacial score (nSPS) is 10.9. The highest BCUT2D eigenvalue weighted by atomic mass is 35.5. The third-order valence-corrected chi connectivity index (χ3v) is 5.78. The molecule has 2 aromatic heterocycles. The second kappa shape index (κ2) is 8.77. The van der Waals surface area contributed by atoms with Gasteiger partial charge in [-0.1, -0.05) is 53.3 Å². The fourth-order valence-electron chi connectivity index (χ4n) is 3.19. The van der Waals surface area contributed by atoms with Gasteiger partial charge in [0.25, 0.3) is 5.91 Å². The Bertz CT molecular complexity index is 1150. The molecule has 4 rings (SSSR count). The van der Waals surface area contributed by atoms with Gasteiger partial charge in [0.1, 0.15) is 4.88 Å². The van der Waals surface area contributed by atoms with Crippen LogP contribution in [0.25, 0.3) is 16.9 Å². The summed E-state index contributed by atoms with van der Waals surface area (Å²) in [5.74, 6) is -0.0867. The van der Waals surface area contributed by atoms with E-state index < -0.39 is 0 Å². The van der Waals surface area contributed by atoms with Crippen molar-refractivity contribution in [1.29, 1.82) is 0 Å². The molecule has 0 atom stereocenters. The Labute approximate surface area is 183 Å². The van der Waals surface area contributed by atoms with E-state index in [2.05, 4.69) is 9.59 Å². The second-order valence-corrected chi connectivity index (χ2v) is 8.04. The van der Waals surface area contributed by atoms with E-state index in [1.807, 2.05) is 72.4 Å². The number of carbonyl (C=O) groups is 1. The number of nitrogens with zero attached hydrogens (tertiary/aromatic N) is 5. The lowest BCUT2D eigenvalue weighted by molar-refractivity contribution is 0.0789. The first-order chi connectivity index (χ1) is 14.6. The summed E-state index contributed by atoms with van der Waals surface area (Å²) < 4.78 is 5.77. The zero-order chi connectivity index (χ0) is 21.1. The van der Waals surface area contributed by atoms with Gasteiger partial charge in [-0.05, 0) is 42.2 Å². The van der Waals surface area contributed by atoms with Crippen LogP contribution in [0.15, 0.2) is 60.8 Å². The molecule has 2 aromatic carbocycles. The number of hydrogen-bond acceptors (Lipinski definition) is 5. The standard InChI is InChI=1S/C22H20ClN5OS/c1-3-19-21(30-26-24-19)22(29)27(2)13-16-14-28(18-7-5-4-6-8-18)25-20(16)15-9-11-17(23)12-10-15/h4-12,14H,3,13H2,1-2H3. The summed E-state index contributed by atoms with van der Waals surface area (Å²) in [6.07, 6.45) is 2.64. The highest BCUT2D eigenvalue weighted by Crippen LogP contribution is 2.27. The highest BCUT2D eigenvalue weighted by Gasteiger charge is 2.21. The van der Waals surface area contributed by atoms with Crippen molar-refractivity contribution in [2.24, 2.45) is 0 Å².